The van der Waals surface area contributed by atoms with Crippen molar-refractivity contribution in [3.63, 3.8) is 0 Å². The zero-order valence-corrected chi connectivity index (χ0v) is 25.6. The lowest BCUT2D eigenvalue weighted by atomic mass is 9.81. The Morgan fingerprint density at radius 3 is 2.04 bits per heavy atom. The smallest absolute Gasteiger partial charge is 0.0205 e. The molecule has 0 aromatic heterocycles. The molecule has 6 aromatic carbocycles. The number of benzene rings is 6. The molecule has 1 saturated carbocycles. The standard InChI is InChI=1S/C46H32/c1-2-15-40-41(16-3-1)45(37-20-18-31-10-5-7-12-33(31)26-37)43-28-34(35-23-24-46-29-39(46)14-8-13-38(46)27-35)21-22-42(43)44(40)36-19-17-30-9-4-6-11-32(30)25-36/h1,3-28,39H,2,29H2. The van der Waals surface area contributed by atoms with Crippen molar-refractivity contribution in [3.05, 3.63) is 173 Å². The van der Waals surface area contributed by atoms with Crippen LogP contribution in [0.1, 0.15) is 18.4 Å². The summed E-state index contributed by atoms with van der Waals surface area (Å²) in [6.07, 6.45) is 25.7. The van der Waals surface area contributed by atoms with Crippen LogP contribution in [-0.4, -0.2) is 0 Å². The maximum absolute atomic E-state index is 2.47. The highest BCUT2D eigenvalue weighted by atomic mass is 14.6. The fourth-order valence-electron chi connectivity index (χ4n) is 8.26. The first kappa shape index (κ1) is 25.8. The van der Waals surface area contributed by atoms with Gasteiger partial charge in [0.15, 0.2) is 0 Å². The van der Waals surface area contributed by atoms with Crippen molar-refractivity contribution in [2.24, 2.45) is 11.3 Å². The van der Waals surface area contributed by atoms with Crippen LogP contribution in [0.25, 0.3) is 72.3 Å². The minimum atomic E-state index is 0.239. The third-order valence-electron chi connectivity index (χ3n) is 10.7. The van der Waals surface area contributed by atoms with Gasteiger partial charge in [-0.25, -0.2) is 0 Å². The van der Waals surface area contributed by atoms with Gasteiger partial charge < -0.3 is 0 Å². The normalized spacial score (nSPS) is 20.7. The second-order valence-corrected chi connectivity index (χ2v) is 13.3. The monoisotopic (exact) mass is 584 g/mol. The zero-order valence-electron chi connectivity index (χ0n) is 25.6. The van der Waals surface area contributed by atoms with Crippen LogP contribution in [0.2, 0.25) is 0 Å². The van der Waals surface area contributed by atoms with Crippen LogP contribution in [0.5, 0.6) is 0 Å². The van der Waals surface area contributed by atoms with E-state index in [1.54, 1.807) is 0 Å². The maximum Gasteiger partial charge on any atom is 0.0205 e. The van der Waals surface area contributed by atoms with Gasteiger partial charge in [-0.05, 0) is 119 Å². The molecule has 0 heteroatoms. The highest BCUT2D eigenvalue weighted by Gasteiger charge is 2.54. The molecule has 6 aromatic rings. The van der Waals surface area contributed by atoms with Crippen LogP contribution in [0.4, 0.5) is 0 Å². The van der Waals surface area contributed by atoms with Crippen LogP contribution in [0.3, 0.4) is 0 Å². The lowest BCUT2D eigenvalue weighted by Crippen LogP contribution is -2.29. The van der Waals surface area contributed by atoms with Crippen LogP contribution in [-0.2, 0) is 0 Å². The number of fused-ring (bicyclic) bond motifs is 4. The first-order valence-corrected chi connectivity index (χ1v) is 16.5. The van der Waals surface area contributed by atoms with E-state index in [0.717, 1.165) is 6.42 Å². The van der Waals surface area contributed by atoms with Gasteiger partial charge in [0.2, 0.25) is 0 Å². The van der Waals surface area contributed by atoms with E-state index >= 15 is 0 Å². The lowest BCUT2D eigenvalue weighted by molar-refractivity contribution is 0.740. The summed E-state index contributed by atoms with van der Waals surface area (Å²) in [5.41, 5.74) is 9.41. The topological polar surface area (TPSA) is 0 Å². The highest BCUT2D eigenvalue weighted by Crippen LogP contribution is 2.63. The Kier molecular flexibility index (Phi) is 5.48. The quantitative estimate of drug-likeness (QED) is 0.194. The van der Waals surface area contributed by atoms with Gasteiger partial charge >= 0.3 is 0 Å². The Labute approximate surface area is 269 Å². The summed E-state index contributed by atoms with van der Waals surface area (Å²) < 4.78 is 0. The molecule has 2 atom stereocenters. The molecule has 0 aliphatic heterocycles. The van der Waals surface area contributed by atoms with Crippen LogP contribution in [0, 0.1) is 11.3 Å². The van der Waals surface area contributed by atoms with Crippen molar-refractivity contribution in [1.82, 2.24) is 0 Å². The predicted molar refractivity (Wildman–Crippen MR) is 197 cm³/mol. The number of rotatable bonds is 3. The van der Waals surface area contributed by atoms with Gasteiger partial charge in [-0.15, -0.1) is 0 Å². The van der Waals surface area contributed by atoms with Crippen molar-refractivity contribution < 1.29 is 0 Å². The molecule has 2 unspecified atom stereocenters. The summed E-state index contributed by atoms with van der Waals surface area (Å²) in [5, 5.41) is 10.3. The molecule has 0 radical (unpaired) electrons. The second kappa shape index (κ2) is 9.77. The summed E-state index contributed by atoms with van der Waals surface area (Å²) in [5.74, 6) is 0.664. The Hall–Kier alpha value is -5.46. The van der Waals surface area contributed by atoms with Gasteiger partial charge in [-0.2, -0.15) is 0 Å². The van der Waals surface area contributed by atoms with E-state index in [0.29, 0.717) is 5.92 Å². The molecule has 1 spiro atoms. The van der Waals surface area contributed by atoms with E-state index in [1.165, 1.54) is 88.1 Å². The summed E-state index contributed by atoms with van der Waals surface area (Å²) in [7, 11) is 0. The molecule has 0 nitrogen and oxygen atoms in total. The van der Waals surface area contributed by atoms with E-state index in [9.17, 15) is 0 Å². The van der Waals surface area contributed by atoms with Crippen LogP contribution in [0.15, 0.2) is 157 Å². The van der Waals surface area contributed by atoms with E-state index in [1.807, 2.05) is 0 Å². The van der Waals surface area contributed by atoms with Gasteiger partial charge in [0.25, 0.3) is 0 Å². The van der Waals surface area contributed by atoms with E-state index < -0.39 is 0 Å². The van der Waals surface area contributed by atoms with Crippen molar-refractivity contribution in [3.8, 4) is 22.3 Å². The molecule has 0 amide bonds. The lowest BCUT2D eigenvalue weighted by Gasteiger charge is -2.23. The average molecular weight is 585 g/mol. The number of hydrogen-bond donors (Lipinski definition) is 0. The van der Waals surface area contributed by atoms with Crippen molar-refractivity contribution in [2.45, 2.75) is 12.8 Å². The molecule has 0 saturated heterocycles. The van der Waals surface area contributed by atoms with Gasteiger partial charge in [0.05, 0.1) is 0 Å². The molecule has 4 aliphatic carbocycles. The third kappa shape index (κ3) is 3.87. The van der Waals surface area contributed by atoms with E-state index in [4.69, 9.17) is 0 Å². The molecular weight excluding hydrogens is 553 g/mol. The molecule has 10 rings (SSSR count). The zero-order chi connectivity index (χ0) is 30.2. The first-order chi connectivity index (χ1) is 22.7. The van der Waals surface area contributed by atoms with Gasteiger partial charge in [0.1, 0.15) is 0 Å². The SMILES string of the molecule is C1=CCC=c2c(-c3ccc4ccccc4c3)c3ccc(C4=CC5=CC=CC6CC56C=C4)cc3c(-c3ccc4ccccc4c3)c2=C1. The molecule has 0 N–H and O–H groups in total. The van der Waals surface area contributed by atoms with E-state index in [2.05, 4.69) is 164 Å². The van der Waals surface area contributed by atoms with Crippen molar-refractivity contribution in [2.75, 3.05) is 0 Å². The van der Waals surface area contributed by atoms with Crippen molar-refractivity contribution >= 4 is 50.0 Å². The van der Waals surface area contributed by atoms with Gasteiger partial charge in [0, 0.05) is 5.41 Å². The fourth-order valence-corrected chi connectivity index (χ4v) is 8.26. The third-order valence-corrected chi connectivity index (χ3v) is 10.7. The Morgan fingerprint density at radius 2 is 1.28 bits per heavy atom. The number of hydrogen-bond acceptors (Lipinski definition) is 0. The second-order valence-electron chi connectivity index (χ2n) is 13.3. The summed E-state index contributed by atoms with van der Waals surface area (Å²) >= 11 is 0. The Morgan fingerprint density at radius 1 is 0.587 bits per heavy atom. The van der Waals surface area contributed by atoms with Crippen LogP contribution >= 0.6 is 0 Å². The average Bonchev–Trinajstić information content (AvgIpc) is 3.88. The molecular formula is C46H32. The van der Waals surface area contributed by atoms with Crippen molar-refractivity contribution in [1.29, 1.82) is 0 Å². The molecule has 0 bridgehead atoms. The summed E-state index contributed by atoms with van der Waals surface area (Å²) in [6.45, 7) is 0. The molecule has 4 aliphatic rings. The Balaban J connectivity index is 1.29. The van der Waals surface area contributed by atoms with Gasteiger partial charge in [-0.3, -0.25) is 0 Å². The van der Waals surface area contributed by atoms with E-state index in [-0.39, 0.29) is 5.41 Å². The highest BCUT2D eigenvalue weighted by molar-refractivity contribution is 6.09. The maximum atomic E-state index is 2.47. The summed E-state index contributed by atoms with van der Waals surface area (Å²) in [6, 6.07) is 38.5. The Bertz CT molecular complexity index is 2580. The first-order valence-electron chi connectivity index (χ1n) is 16.5. The molecule has 1 fully saturated rings. The molecule has 0 heterocycles. The number of allylic oxidation sites excluding steroid dienone is 10. The predicted octanol–water partition coefficient (Wildman–Crippen LogP) is 10.5. The molecule has 46 heavy (non-hydrogen) atoms. The van der Waals surface area contributed by atoms with Gasteiger partial charge in [-0.1, -0.05) is 146 Å². The van der Waals surface area contributed by atoms with Crippen LogP contribution < -0.4 is 10.4 Å². The minimum Gasteiger partial charge on any atom is -0.0807 e. The minimum absolute atomic E-state index is 0.239. The summed E-state index contributed by atoms with van der Waals surface area (Å²) in [4.78, 5) is 0. The molecule has 216 valence electrons. The fraction of sp³-hybridized carbons (Fsp3) is 0.0870. The largest absolute Gasteiger partial charge is 0.0807 e.